The van der Waals surface area contributed by atoms with E-state index in [1.165, 1.54) is 0 Å². The van der Waals surface area contributed by atoms with E-state index in [4.69, 9.17) is 10.4 Å². The van der Waals surface area contributed by atoms with Gasteiger partial charge in [-0.1, -0.05) is 13.8 Å². The van der Waals surface area contributed by atoms with Crippen molar-refractivity contribution in [3.05, 3.63) is 28.0 Å². The Morgan fingerprint density at radius 3 is 2.72 bits per heavy atom. The first-order valence-electron chi connectivity index (χ1n) is 5.64. The van der Waals surface area contributed by atoms with Crippen molar-refractivity contribution < 1.29 is 9.50 Å². The van der Waals surface area contributed by atoms with E-state index in [0.717, 1.165) is 0 Å². The number of halogens is 2. The van der Waals surface area contributed by atoms with Gasteiger partial charge in [0.25, 0.3) is 0 Å². The van der Waals surface area contributed by atoms with E-state index < -0.39 is 5.82 Å². The van der Waals surface area contributed by atoms with Crippen LogP contribution in [-0.2, 0) is 0 Å². The van der Waals surface area contributed by atoms with E-state index >= 15 is 0 Å². The molecule has 0 heterocycles. The first kappa shape index (κ1) is 14.9. The van der Waals surface area contributed by atoms with Gasteiger partial charge in [0.15, 0.2) is 5.82 Å². The maximum absolute atomic E-state index is 13.9. The molecule has 0 unspecified atom stereocenters. The van der Waals surface area contributed by atoms with E-state index in [2.05, 4.69) is 21.2 Å². The zero-order valence-electron chi connectivity index (χ0n) is 10.4. The highest BCUT2D eigenvalue weighted by molar-refractivity contribution is 9.10. The number of nitrogens with zero attached hydrogens (tertiary/aromatic N) is 1. The average Bonchev–Trinajstić information content (AvgIpc) is 2.31. The molecule has 1 aromatic rings. The highest BCUT2D eigenvalue weighted by Crippen LogP contribution is 2.28. The van der Waals surface area contributed by atoms with E-state index in [0.29, 0.717) is 18.7 Å². The molecule has 0 atom stereocenters. The predicted octanol–water partition coefficient (Wildman–Crippen LogP) is 3.28. The lowest BCUT2D eigenvalue weighted by Crippen LogP contribution is -2.24. The molecule has 18 heavy (non-hydrogen) atoms. The van der Waals surface area contributed by atoms with Gasteiger partial charge < -0.3 is 10.4 Å². The number of nitriles is 1. The number of aliphatic hydroxyl groups excluding tert-OH is 1. The largest absolute Gasteiger partial charge is 0.396 e. The highest BCUT2D eigenvalue weighted by atomic mass is 79.9. The summed E-state index contributed by atoms with van der Waals surface area (Å²) >= 11 is 3.06. The first-order valence-corrected chi connectivity index (χ1v) is 6.43. The van der Waals surface area contributed by atoms with Crippen LogP contribution in [0.15, 0.2) is 16.6 Å². The Labute approximate surface area is 115 Å². The summed E-state index contributed by atoms with van der Waals surface area (Å²) in [6.07, 6.45) is 0.638. The molecule has 0 aromatic heterocycles. The average molecular weight is 315 g/mol. The van der Waals surface area contributed by atoms with Gasteiger partial charge in [0.05, 0.1) is 15.7 Å². The number of aliphatic hydroxyl groups is 1. The molecule has 0 spiro atoms. The molecule has 98 valence electrons. The molecule has 0 saturated carbocycles. The Balaban J connectivity index is 2.81. The van der Waals surface area contributed by atoms with E-state index in [-0.39, 0.29) is 22.1 Å². The lowest BCUT2D eigenvalue weighted by molar-refractivity contribution is 0.220. The minimum absolute atomic E-state index is 0.105. The lowest BCUT2D eigenvalue weighted by atomic mass is 9.89. The van der Waals surface area contributed by atoms with E-state index in [1.54, 1.807) is 12.1 Å². The van der Waals surface area contributed by atoms with Crippen LogP contribution in [0.1, 0.15) is 25.8 Å². The van der Waals surface area contributed by atoms with E-state index in [9.17, 15) is 4.39 Å². The van der Waals surface area contributed by atoms with Crippen molar-refractivity contribution in [3.63, 3.8) is 0 Å². The molecule has 0 aliphatic carbocycles. The standard InChI is InChI=1S/C13H16BrFN2O/c1-13(2,5-6-18)8-17-10-4-3-9(7-16)11(14)12(10)15/h3-4,17-18H,5-6,8H2,1-2H3. The lowest BCUT2D eigenvalue weighted by Gasteiger charge is -2.24. The Hall–Kier alpha value is -1.12. The molecule has 0 saturated heterocycles. The van der Waals surface area contributed by atoms with Crippen LogP contribution in [0.2, 0.25) is 0 Å². The molecule has 5 heteroatoms. The minimum atomic E-state index is -0.464. The predicted molar refractivity (Wildman–Crippen MR) is 72.8 cm³/mol. The number of hydrogen-bond donors (Lipinski definition) is 2. The maximum Gasteiger partial charge on any atom is 0.161 e. The summed E-state index contributed by atoms with van der Waals surface area (Å²) in [4.78, 5) is 0. The van der Waals surface area contributed by atoms with Crippen LogP contribution in [0.4, 0.5) is 10.1 Å². The van der Waals surface area contributed by atoms with Gasteiger partial charge in [-0.25, -0.2) is 4.39 Å². The molecule has 0 amide bonds. The molecule has 0 radical (unpaired) electrons. The van der Waals surface area contributed by atoms with Gasteiger partial charge in [-0.15, -0.1) is 0 Å². The summed E-state index contributed by atoms with van der Waals surface area (Å²) < 4.78 is 14.1. The second kappa shape index (κ2) is 6.17. The summed E-state index contributed by atoms with van der Waals surface area (Å²) in [6.45, 7) is 4.64. The molecule has 0 fully saturated rings. The van der Waals surface area contributed by atoms with Crippen LogP contribution >= 0.6 is 15.9 Å². The van der Waals surface area contributed by atoms with Crippen molar-refractivity contribution >= 4 is 21.6 Å². The summed E-state index contributed by atoms with van der Waals surface area (Å²) in [6, 6.07) is 5.02. The highest BCUT2D eigenvalue weighted by Gasteiger charge is 2.18. The van der Waals surface area contributed by atoms with Crippen LogP contribution in [-0.4, -0.2) is 18.3 Å². The summed E-state index contributed by atoms with van der Waals surface area (Å²) in [5, 5.41) is 20.7. The van der Waals surface area contributed by atoms with E-state index in [1.807, 2.05) is 19.9 Å². The zero-order chi connectivity index (χ0) is 13.8. The first-order chi connectivity index (χ1) is 8.41. The number of hydrogen-bond acceptors (Lipinski definition) is 3. The summed E-state index contributed by atoms with van der Waals surface area (Å²) in [5.41, 5.74) is 0.501. The van der Waals surface area contributed by atoms with Crippen LogP contribution in [0.5, 0.6) is 0 Å². The fraction of sp³-hybridized carbons (Fsp3) is 0.462. The zero-order valence-corrected chi connectivity index (χ0v) is 12.0. The maximum atomic E-state index is 13.9. The normalized spacial score (nSPS) is 11.1. The van der Waals surface area contributed by atoms with Crippen molar-refractivity contribution in [2.75, 3.05) is 18.5 Å². The number of rotatable bonds is 5. The quantitative estimate of drug-likeness (QED) is 0.877. The van der Waals surface area contributed by atoms with Crippen molar-refractivity contribution in [1.82, 2.24) is 0 Å². The third-order valence-corrected chi connectivity index (χ3v) is 3.52. The smallest absolute Gasteiger partial charge is 0.161 e. The molecule has 0 aliphatic heterocycles. The fourth-order valence-electron chi connectivity index (χ4n) is 1.50. The molecule has 0 aliphatic rings. The Morgan fingerprint density at radius 2 is 2.17 bits per heavy atom. The van der Waals surface area contributed by atoms with Gasteiger partial charge in [-0.2, -0.15) is 5.26 Å². The van der Waals surface area contributed by atoms with Crippen molar-refractivity contribution in [3.8, 4) is 6.07 Å². The summed E-state index contributed by atoms with van der Waals surface area (Å²) in [7, 11) is 0. The number of benzene rings is 1. The fourth-order valence-corrected chi connectivity index (χ4v) is 1.93. The van der Waals surface area contributed by atoms with Gasteiger partial charge in [-0.05, 0) is 39.9 Å². The molecule has 0 bridgehead atoms. The second-order valence-electron chi connectivity index (χ2n) is 4.89. The summed E-state index contributed by atoms with van der Waals surface area (Å²) in [5.74, 6) is -0.464. The van der Waals surface area contributed by atoms with Gasteiger partial charge in [0.2, 0.25) is 0 Å². The Kier molecular flexibility index (Phi) is 5.12. The molecular weight excluding hydrogens is 299 g/mol. The third-order valence-electron chi connectivity index (χ3n) is 2.75. The van der Waals surface area contributed by atoms with Gasteiger partial charge in [0, 0.05) is 13.2 Å². The molecular formula is C13H16BrFN2O. The molecule has 2 N–H and O–H groups in total. The number of nitrogens with one attached hydrogen (secondary N) is 1. The van der Waals surface area contributed by atoms with Gasteiger partial charge in [0.1, 0.15) is 6.07 Å². The van der Waals surface area contributed by atoms with Crippen molar-refractivity contribution in [2.45, 2.75) is 20.3 Å². The topological polar surface area (TPSA) is 56.0 Å². The van der Waals surface area contributed by atoms with Crippen LogP contribution < -0.4 is 5.32 Å². The Morgan fingerprint density at radius 1 is 1.50 bits per heavy atom. The SMILES string of the molecule is CC(C)(CCO)CNc1ccc(C#N)c(Br)c1F. The van der Waals surface area contributed by atoms with Gasteiger partial charge >= 0.3 is 0 Å². The molecule has 1 rings (SSSR count). The van der Waals surface area contributed by atoms with Crippen LogP contribution in [0.3, 0.4) is 0 Å². The second-order valence-corrected chi connectivity index (χ2v) is 5.68. The van der Waals surface area contributed by atoms with Crippen LogP contribution in [0, 0.1) is 22.6 Å². The molecule has 3 nitrogen and oxygen atoms in total. The van der Waals surface area contributed by atoms with Crippen molar-refractivity contribution in [1.29, 1.82) is 5.26 Å². The van der Waals surface area contributed by atoms with Crippen LogP contribution in [0.25, 0.3) is 0 Å². The number of anilines is 1. The Bertz CT molecular complexity index is 469. The monoisotopic (exact) mass is 314 g/mol. The van der Waals surface area contributed by atoms with Crippen molar-refractivity contribution in [2.24, 2.45) is 5.41 Å². The molecule has 1 aromatic carbocycles. The van der Waals surface area contributed by atoms with Gasteiger partial charge in [-0.3, -0.25) is 0 Å². The minimum Gasteiger partial charge on any atom is -0.396 e. The third kappa shape index (κ3) is 3.69.